The Labute approximate surface area is 171 Å². The smallest absolute Gasteiger partial charge is 0.220 e. The van der Waals surface area contributed by atoms with Gasteiger partial charge >= 0.3 is 0 Å². The van der Waals surface area contributed by atoms with E-state index in [1.807, 2.05) is 25.3 Å². The van der Waals surface area contributed by atoms with E-state index < -0.39 is 0 Å². The van der Waals surface area contributed by atoms with Crippen LogP contribution in [0.25, 0.3) is 0 Å². The van der Waals surface area contributed by atoms with Crippen LogP contribution in [0.15, 0.2) is 22.1 Å². The molecule has 3 aliphatic rings. The fraction of sp³-hybridized carbons (Fsp3) is 0.619. The van der Waals surface area contributed by atoms with Gasteiger partial charge in [-0.05, 0) is 62.5 Å². The van der Waals surface area contributed by atoms with E-state index in [1.165, 1.54) is 25.7 Å². The van der Waals surface area contributed by atoms with Crippen molar-refractivity contribution < 1.29 is 0 Å². The number of anilines is 1. The lowest BCUT2D eigenvalue weighted by Crippen LogP contribution is -2.39. The molecule has 1 aromatic rings. The summed E-state index contributed by atoms with van der Waals surface area (Å²) in [5.74, 6) is 4.21. The summed E-state index contributed by atoms with van der Waals surface area (Å²) in [6.07, 6.45) is 6.81. The van der Waals surface area contributed by atoms with Gasteiger partial charge in [0.2, 0.25) is 5.96 Å². The second-order valence-electron chi connectivity index (χ2n) is 8.13. The van der Waals surface area contributed by atoms with E-state index in [0.29, 0.717) is 12.1 Å². The average Bonchev–Trinajstić information content (AvgIpc) is 3.48. The first-order valence-corrected chi connectivity index (χ1v) is 10.7. The first-order valence-electron chi connectivity index (χ1n) is 10.2. The number of hydrogen-bond acceptors (Lipinski definition) is 6. The molecular weight excluding hydrogens is 372 g/mol. The fourth-order valence-corrected chi connectivity index (χ4v) is 4.63. The van der Waals surface area contributed by atoms with Crippen LogP contribution < -0.4 is 5.32 Å². The molecule has 0 amide bonds. The molecule has 0 bridgehead atoms. The largest absolute Gasteiger partial charge is 0.370 e. The number of alkyl halides is 1. The molecule has 148 valence electrons. The van der Waals surface area contributed by atoms with E-state index in [9.17, 15) is 0 Å². The third kappa shape index (κ3) is 4.64. The van der Waals surface area contributed by atoms with Crippen LogP contribution in [0.2, 0.25) is 0 Å². The van der Waals surface area contributed by atoms with Crippen molar-refractivity contribution in [3.05, 3.63) is 23.4 Å². The maximum Gasteiger partial charge on any atom is 0.220 e. The van der Waals surface area contributed by atoms with Crippen LogP contribution in [0.1, 0.15) is 36.9 Å². The lowest BCUT2D eigenvalue weighted by atomic mass is 9.90. The highest BCUT2D eigenvalue weighted by atomic mass is 35.5. The number of nitrogens with one attached hydrogen (secondary N) is 1. The molecule has 3 heterocycles. The SMILES string of the molecule is Cc1cc(C#N)cc(NCCC2CC2C2CCN(C3=NCC(Cl)C=N3)CC2)n1. The van der Waals surface area contributed by atoms with Crippen molar-refractivity contribution in [2.45, 2.75) is 38.0 Å². The zero-order valence-electron chi connectivity index (χ0n) is 16.3. The molecule has 7 heteroatoms. The molecule has 28 heavy (non-hydrogen) atoms. The summed E-state index contributed by atoms with van der Waals surface area (Å²) < 4.78 is 0. The van der Waals surface area contributed by atoms with Crippen LogP contribution in [0.4, 0.5) is 5.82 Å². The van der Waals surface area contributed by atoms with E-state index in [4.69, 9.17) is 16.9 Å². The number of halogens is 1. The van der Waals surface area contributed by atoms with Gasteiger partial charge in [0.1, 0.15) is 5.82 Å². The van der Waals surface area contributed by atoms with E-state index in [0.717, 1.165) is 54.9 Å². The van der Waals surface area contributed by atoms with E-state index >= 15 is 0 Å². The maximum atomic E-state index is 9.07. The highest BCUT2D eigenvalue weighted by molar-refractivity contribution is 6.29. The highest BCUT2D eigenvalue weighted by Gasteiger charge is 2.43. The summed E-state index contributed by atoms with van der Waals surface area (Å²) in [6.45, 7) is 5.60. The number of rotatable bonds is 5. The predicted octanol–water partition coefficient (Wildman–Crippen LogP) is 3.46. The number of nitriles is 1. The maximum absolute atomic E-state index is 9.07. The lowest BCUT2D eigenvalue weighted by Gasteiger charge is -2.33. The standard InChI is InChI=1S/C21H27ClN6/c1-14-8-15(11-23)9-20(27-14)24-5-2-17-10-19(17)16-3-6-28(7-4-16)21-25-12-18(22)13-26-21/h8-9,12,16-19H,2-7,10,13H2,1H3,(H,24,27). The summed E-state index contributed by atoms with van der Waals surface area (Å²) in [7, 11) is 0. The van der Waals surface area contributed by atoms with Crippen molar-refractivity contribution in [2.24, 2.45) is 27.7 Å². The van der Waals surface area contributed by atoms with Crippen LogP contribution in [0.3, 0.4) is 0 Å². The first kappa shape index (κ1) is 19.2. The zero-order valence-corrected chi connectivity index (χ0v) is 17.1. The molecule has 0 spiro atoms. The Morgan fingerprint density at radius 1 is 1.32 bits per heavy atom. The predicted molar refractivity (Wildman–Crippen MR) is 113 cm³/mol. The molecule has 1 saturated carbocycles. The minimum atomic E-state index is -0.0522. The Kier molecular flexibility index (Phi) is 5.82. The van der Waals surface area contributed by atoms with Crippen molar-refractivity contribution in [1.82, 2.24) is 9.88 Å². The molecule has 0 radical (unpaired) electrons. The fourth-order valence-electron chi connectivity index (χ4n) is 4.50. The minimum absolute atomic E-state index is 0.0522. The Morgan fingerprint density at radius 3 is 2.86 bits per heavy atom. The van der Waals surface area contributed by atoms with E-state index in [1.54, 1.807) is 0 Å². The van der Waals surface area contributed by atoms with Crippen LogP contribution in [0, 0.1) is 36.0 Å². The molecule has 1 N–H and O–H groups in total. The van der Waals surface area contributed by atoms with Gasteiger partial charge in [0.25, 0.3) is 0 Å². The van der Waals surface area contributed by atoms with Gasteiger partial charge in [0.05, 0.1) is 23.6 Å². The number of guanidine groups is 1. The monoisotopic (exact) mass is 398 g/mol. The van der Waals surface area contributed by atoms with Crippen molar-refractivity contribution >= 4 is 29.6 Å². The number of aromatic nitrogens is 1. The van der Waals surface area contributed by atoms with Crippen molar-refractivity contribution in [1.29, 1.82) is 5.26 Å². The number of likely N-dealkylation sites (tertiary alicyclic amines) is 1. The van der Waals surface area contributed by atoms with Crippen molar-refractivity contribution in [3.8, 4) is 6.07 Å². The highest BCUT2D eigenvalue weighted by Crippen LogP contribution is 2.49. The van der Waals surface area contributed by atoms with Gasteiger partial charge in [-0.15, -0.1) is 11.6 Å². The molecule has 1 saturated heterocycles. The van der Waals surface area contributed by atoms with Gasteiger partial charge in [0, 0.05) is 31.5 Å². The zero-order chi connectivity index (χ0) is 19.5. The van der Waals surface area contributed by atoms with Crippen LogP contribution in [-0.4, -0.2) is 53.6 Å². The molecule has 6 nitrogen and oxygen atoms in total. The average molecular weight is 399 g/mol. The third-order valence-electron chi connectivity index (χ3n) is 6.07. The number of aryl methyl sites for hydroxylation is 1. The summed E-state index contributed by atoms with van der Waals surface area (Å²) in [6, 6.07) is 5.83. The summed E-state index contributed by atoms with van der Waals surface area (Å²) in [5, 5.41) is 12.4. The number of aliphatic imine (C=N–C) groups is 2. The molecule has 3 atom stereocenters. The number of piperidine rings is 1. The first-order chi connectivity index (χ1) is 13.6. The number of nitrogens with zero attached hydrogens (tertiary/aromatic N) is 5. The molecular formula is C21H27ClN6. The topological polar surface area (TPSA) is 76.7 Å². The third-order valence-corrected chi connectivity index (χ3v) is 6.32. The van der Waals surface area contributed by atoms with Crippen LogP contribution in [-0.2, 0) is 0 Å². The summed E-state index contributed by atoms with van der Waals surface area (Å²) in [5.41, 5.74) is 1.55. The Bertz CT molecular complexity index is 806. The van der Waals surface area contributed by atoms with Gasteiger partial charge in [-0.25, -0.2) is 15.0 Å². The molecule has 4 rings (SSSR count). The number of pyridine rings is 1. The lowest BCUT2D eigenvalue weighted by molar-refractivity contribution is 0.236. The van der Waals surface area contributed by atoms with Crippen LogP contribution in [0.5, 0.6) is 0 Å². The van der Waals surface area contributed by atoms with Gasteiger partial charge in [-0.3, -0.25) is 0 Å². The Hall–Kier alpha value is -2.13. The van der Waals surface area contributed by atoms with Crippen molar-refractivity contribution in [2.75, 3.05) is 31.5 Å². The molecule has 2 aliphatic heterocycles. The second kappa shape index (κ2) is 8.48. The Morgan fingerprint density at radius 2 is 2.14 bits per heavy atom. The normalized spacial score (nSPS) is 27.2. The van der Waals surface area contributed by atoms with E-state index in [-0.39, 0.29) is 5.38 Å². The molecule has 1 aliphatic carbocycles. The molecule has 1 aromatic heterocycles. The summed E-state index contributed by atoms with van der Waals surface area (Å²) in [4.78, 5) is 15.7. The number of hydrogen-bond donors (Lipinski definition) is 1. The molecule has 0 aromatic carbocycles. The van der Waals surface area contributed by atoms with Crippen molar-refractivity contribution in [3.63, 3.8) is 0 Å². The summed E-state index contributed by atoms with van der Waals surface area (Å²) >= 11 is 6.02. The van der Waals surface area contributed by atoms with Gasteiger partial charge in [-0.1, -0.05) is 0 Å². The Balaban J connectivity index is 1.18. The van der Waals surface area contributed by atoms with E-state index in [2.05, 4.69) is 31.3 Å². The van der Waals surface area contributed by atoms with Gasteiger partial charge in [-0.2, -0.15) is 5.26 Å². The van der Waals surface area contributed by atoms with Gasteiger partial charge < -0.3 is 10.2 Å². The quantitative estimate of drug-likeness (QED) is 0.770. The molecule has 2 fully saturated rings. The minimum Gasteiger partial charge on any atom is -0.370 e. The van der Waals surface area contributed by atoms with Gasteiger partial charge in [0.15, 0.2) is 0 Å². The van der Waals surface area contributed by atoms with Crippen LogP contribution >= 0.6 is 11.6 Å². The second-order valence-corrected chi connectivity index (χ2v) is 8.69. The molecule has 3 unspecified atom stereocenters.